The molecule has 0 amide bonds. The van der Waals surface area contributed by atoms with E-state index >= 15 is 0 Å². The molecule has 0 saturated carbocycles. The van der Waals surface area contributed by atoms with E-state index < -0.39 is 22.1 Å². The van der Waals surface area contributed by atoms with Crippen molar-refractivity contribution in [2.75, 3.05) is 7.11 Å². The zero-order chi connectivity index (χ0) is 11.6. The molecule has 0 spiro atoms. The maximum atomic E-state index is 11.1. The smallest absolute Gasteiger partial charge is 0.284 e. The minimum atomic E-state index is -0.726. The van der Waals surface area contributed by atoms with Crippen molar-refractivity contribution in [1.29, 1.82) is 0 Å². The number of phenolic OH excluding ortho intramolecular Hbond substituents is 1. The number of hydrogen-bond donors (Lipinski definition) is 1. The number of ether oxygens (including phenoxy) is 1. The summed E-state index contributed by atoms with van der Waals surface area (Å²) in [5.74, 6) is -1.05. The second-order valence-corrected chi connectivity index (χ2v) is 2.82. The lowest BCUT2D eigenvalue weighted by Gasteiger charge is -2.06. The minimum Gasteiger partial charge on any atom is -0.504 e. The molecule has 1 N–H and O–H groups in total. The van der Waals surface area contributed by atoms with Crippen LogP contribution in [-0.2, 0) is 0 Å². The van der Waals surface area contributed by atoms with Crippen LogP contribution in [0.2, 0.25) is 0 Å². The van der Waals surface area contributed by atoms with Gasteiger partial charge in [-0.3, -0.25) is 14.9 Å². The quantitative estimate of drug-likeness (QED) is 0.465. The zero-order valence-electron chi connectivity index (χ0n) is 8.18. The number of carbonyl (C=O) groups is 1. The highest BCUT2D eigenvalue weighted by atomic mass is 16.6. The van der Waals surface area contributed by atoms with E-state index in [0.717, 1.165) is 13.0 Å². The summed E-state index contributed by atoms with van der Waals surface area (Å²) in [7, 11) is 1.30. The average molecular weight is 211 g/mol. The second kappa shape index (κ2) is 3.95. The highest BCUT2D eigenvalue weighted by molar-refractivity contribution is 6.01. The first-order valence-electron chi connectivity index (χ1n) is 4.04. The number of nitro benzene ring substituents is 1. The van der Waals surface area contributed by atoms with Crippen LogP contribution in [0.15, 0.2) is 12.1 Å². The molecule has 80 valence electrons. The molecule has 0 aromatic heterocycles. The van der Waals surface area contributed by atoms with Gasteiger partial charge >= 0.3 is 0 Å². The Balaban J connectivity index is 3.51. The lowest BCUT2D eigenvalue weighted by Crippen LogP contribution is -2.01. The molecule has 0 fully saturated rings. The summed E-state index contributed by atoms with van der Waals surface area (Å²) in [6, 6.07) is 2.36. The molecule has 0 saturated heterocycles. The lowest BCUT2D eigenvalue weighted by atomic mass is 10.1. The van der Waals surface area contributed by atoms with Gasteiger partial charge < -0.3 is 9.84 Å². The zero-order valence-corrected chi connectivity index (χ0v) is 8.18. The Morgan fingerprint density at radius 2 is 2.13 bits per heavy atom. The van der Waals surface area contributed by atoms with E-state index in [1.54, 1.807) is 0 Å². The molecule has 0 aliphatic heterocycles. The summed E-state index contributed by atoms with van der Waals surface area (Å²) in [6.45, 7) is 1.14. The van der Waals surface area contributed by atoms with Gasteiger partial charge in [-0.15, -0.1) is 0 Å². The van der Waals surface area contributed by atoms with Gasteiger partial charge in [-0.2, -0.15) is 0 Å². The van der Waals surface area contributed by atoms with E-state index in [1.807, 2.05) is 0 Å². The first-order valence-corrected chi connectivity index (χ1v) is 4.04. The van der Waals surface area contributed by atoms with E-state index in [2.05, 4.69) is 0 Å². The Morgan fingerprint density at radius 3 is 2.53 bits per heavy atom. The average Bonchev–Trinajstić information content (AvgIpc) is 2.16. The molecule has 1 aromatic carbocycles. The molecule has 0 radical (unpaired) electrons. The normalized spacial score (nSPS) is 9.73. The van der Waals surface area contributed by atoms with Gasteiger partial charge in [0.25, 0.3) is 5.69 Å². The summed E-state index contributed by atoms with van der Waals surface area (Å²) < 4.78 is 4.75. The van der Waals surface area contributed by atoms with Crippen molar-refractivity contribution in [3.63, 3.8) is 0 Å². The number of nitrogens with zero attached hydrogens (tertiary/aromatic N) is 1. The van der Waals surface area contributed by atoms with Crippen molar-refractivity contribution in [3.8, 4) is 11.5 Å². The fourth-order valence-electron chi connectivity index (χ4n) is 1.23. The van der Waals surface area contributed by atoms with Crippen LogP contribution in [0.25, 0.3) is 0 Å². The molecule has 0 atom stereocenters. The standard InChI is InChI=1S/C9H9NO5/c1-5(11)8-6(10(13)14)3-4-7(15-2)9(8)12/h3-4,12H,1-2H3. The van der Waals surface area contributed by atoms with Gasteiger partial charge in [0.15, 0.2) is 17.3 Å². The maximum Gasteiger partial charge on any atom is 0.284 e. The highest BCUT2D eigenvalue weighted by Crippen LogP contribution is 2.36. The Kier molecular flexibility index (Phi) is 2.89. The number of ketones is 1. The fraction of sp³-hybridized carbons (Fsp3) is 0.222. The fourth-order valence-corrected chi connectivity index (χ4v) is 1.23. The molecule has 1 aromatic rings. The van der Waals surface area contributed by atoms with Crippen molar-refractivity contribution in [1.82, 2.24) is 0 Å². The number of aromatic hydroxyl groups is 1. The lowest BCUT2D eigenvalue weighted by molar-refractivity contribution is -0.385. The Labute approximate surface area is 85.2 Å². The monoisotopic (exact) mass is 211 g/mol. The maximum absolute atomic E-state index is 11.1. The van der Waals surface area contributed by atoms with Crippen LogP contribution >= 0.6 is 0 Å². The molecule has 1 rings (SSSR count). The van der Waals surface area contributed by atoms with E-state index in [4.69, 9.17) is 4.74 Å². The molecular weight excluding hydrogens is 202 g/mol. The van der Waals surface area contributed by atoms with Crippen LogP contribution < -0.4 is 4.74 Å². The molecule has 6 nitrogen and oxygen atoms in total. The van der Waals surface area contributed by atoms with Crippen molar-refractivity contribution in [3.05, 3.63) is 27.8 Å². The van der Waals surface area contributed by atoms with E-state index in [9.17, 15) is 20.0 Å². The third kappa shape index (κ3) is 1.88. The van der Waals surface area contributed by atoms with Crippen molar-refractivity contribution in [2.45, 2.75) is 6.92 Å². The molecule has 0 bridgehead atoms. The SMILES string of the molecule is COc1ccc([N+](=O)[O-])c(C(C)=O)c1O. The van der Waals surface area contributed by atoms with Crippen LogP contribution in [0, 0.1) is 10.1 Å². The summed E-state index contributed by atoms with van der Waals surface area (Å²) in [6.07, 6.45) is 0. The molecule has 15 heavy (non-hydrogen) atoms. The molecule has 0 aliphatic rings. The van der Waals surface area contributed by atoms with Crippen LogP contribution in [0.3, 0.4) is 0 Å². The van der Waals surface area contributed by atoms with Gasteiger partial charge in [0.05, 0.1) is 12.0 Å². The largest absolute Gasteiger partial charge is 0.504 e. The Bertz CT molecular complexity index is 427. The highest BCUT2D eigenvalue weighted by Gasteiger charge is 2.24. The predicted molar refractivity (Wildman–Crippen MR) is 51.3 cm³/mol. The van der Waals surface area contributed by atoms with E-state index in [1.165, 1.54) is 13.2 Å². The third-order valence-corrected chi connectivity index (χ3v) is 1.89. The van der Waals surface area contributed by atoms with Crippen molar-refractivity contribution in [2.24, 2.45) is 0 Å². The summed E-state index contributed by atoms with van der Waals surface area (Å²) in [4.78, 5) is 21.0. The van der Waals surface area contributed by atoms with Crippen LogP contribution in [0.5, 0.6) is 11.5 Å². The number of benzene rings is 1. The van der Waals surface area contributed by atoms with Crippen molar-refractivity contribution >= 4 is 11.5 Å². The Hall–Kier alpha value is -2.11. The molecular formula is C9H9NO5. The van der Waals surface area contributed by atoms with Crippen LogP contribution in [0.1, 0.15) is 17.3 Å². The van der Waals surface area contributed by atoms with E-state index in [0.29, 0.717) is 0 Å². The molecule has 6 heteroatoms. The van der Waals surface area contributed by atoms with Gasteiger partial charge in [0, 0.05) is 6.07 Å². The minimum absolute atomic E-state index is 0.0331. The Morgan fingerprint density at radius 1 is 1.53 bits per heavy atom. The third-order valence-electron chi connectivity index (χ3n) is 1.89. The second-order valence-electron chi connectivity index (χ2n) is 2.82. The molecule has 0 unspecified atom stereocenters. The van der Waals surface area contributed by atoms with Crippen LogP contribution in [-0.4, -0.2) is 22.9 Å². The van der Waals surface area contributed by atoms with Gasteiger partial charge in [0.2, 0.25) is 0 Å². The summed E-state index contributed by atoms with van der Waals surface area (Å²) in [5.41, 5.74) is -0.764. The van der Waals surface area contributed by atoms with Crippen LogP contribution in [0.4, 0.5) is 5.69 Å². The molecule has 0 heterocycles. The number of methoxy groups -OCH3 is 1. The van der Waals surface area contributed by atoms with Gasteiger partial charge in [-0.25, -0.2) is 0 Å². The number of hydrogen-bond acceptors (Lipinski definition) is 5. The number of phenols is 1. The van der Waals surface area contributed by atoms with Gasteiger partial charge in [-0.1, -0.05) is 0 Å². The number of carbonyl (C=O) groups excluding carboxylic acids is 1. The number of Topliss-reactive ketones (excluding diaryl/α,β-unsaturated/α-hetero) is 1. The van der Waals surface area contributed by atoms with Gasteiger partial charge in [-0.05, 0) is 13.0 Å². The first-order chi connectivity index (χ1) is 6.99. The summed E-state index contributed by atoms with van der Waals surface area (Å²) in [5, 5.41) is 20.1. The number of nitro groups is 1. The number of rotatable bonds is 3. The van der Waals surface area contributed by atoms with Gasteiger partial charge in [0.1, 0.15) is 5.56 Å². The topological polar surface area (TPSA) is 89.7 Å². The van der Waals surface area contributed by atoms with E-state index in [-0.39, 0.29) is 11.3 Å². The first kappa shape index (κ1) is 11.0. The van der Waals surface area contributed by atoms with Crippen molar-refractivity contribution < 1.29 is 19.6 Å². The predicted octanol–water partition coefficient (Wildman–Crippen LogP) is 1.51. The summed E-state index contributed by atoms with van der Waals surface area (Å²) >= 11 is 0. The molecule has 0 aliphatic carbocycles.